The molecular formula is C11H20O4. The Balaban J connectivity index is 3.65. The second kappa shape index (κ2) is 8.44. The van der Waals surface area contributed by atoms with Gasteiger partial charge in [0.25, 0.3) is 0 Å². The van der Waals surface area contributed by atoms with E-state index in [0.717, 1.165) is 12.8 Å². The van der Waals surface area contributed by atoms with Crippen LogP contribution >= 0.6 is 0 Å². The molecule has 0 spiro atoms. The van der Waals surface area contributed by atoms with Crippen LogP contribution in [0.15, 0.2) is 11.6 Å². The third kappa shape index (κ3) is 7.11. The Hall–Kier alpha value is -0.870. The number of allylic oxidation sites excluding steroid dienone is 1. The number of carbonyl (C=O) groups is 1. The van der Waals surface area contributed by atoms with Crippen LogP contribution in [0.3, 0.4) is 0 Å². The molecule has 0 aliphatic heterocycles. The molecule has 4 heteroatoms. The van der Waals surface area contributed by atoms with Crippen LogP contribution in [0.25, 0.3) is 0 Å². The molecule has 0 aliphatic rings. The van der Waals surface area contributed by atoms with E-state index in [1.54, 1.807) is 19.9 Å². The summed E-state index contributed by atoms with van der Waals surface area (Å²) in [7, 11) is 0. The zero-order chi connectivity index (χ0) is 11.7. The SMILES string of the molecule is CC=C(C)C(=O)OC(O)CCCCCO. The number of ether oxygens (including phenoxy) is 1. The lowest BCUT2D eigenvalue weighted by atomic mass is 10.2. The van der Waals surface area contributed by atoms with Gasteiger partial charge in [0, 0.05) is 18.6 Å². The summed E-state index contributed by atoms with van der Waals surface area (Å²) in [6, 6.07) is 0. The number of hydrogen-bond acceptors (Lipinski definition) is 4. The molecule has 0 amide bonds. The van der Waals surface area contributed by atoms with Gasteiger partial charge in [0.1, 0.15) is 0 Å². The van der Waals surface area contributed by atoms with Gasteiger partial charge in [-0.3, -0.25) is 0 Å². The summed E-state index contributed by atoms with van der Waals surface area (Å²) in [5, 5.41) is 17.9. The summed E-state index contributed by atoms with van der Waals surface area (Å²) in [6.45, 7) is 3.54. The maximum Gasteiger partial charge on any atom is 0.335 e. The summed E-state index contributed by atoms with van der Waals surface area (Å²) in [5.74, 6) is -0.479. The first-order valence-corrected chi connectivity index (χ1v) is 5.24. The van der Waals surface area contributed by atoms with Gasteiger partial charge in [-0.15, -0.1) is 0 Å². The topological polar surface area (TPSA) is 66.8 Å². The fraction of sp³-hybridized carbons (Fsp3) is 0.727. The van der Waals surface area contributed by atoms with Crippen molar-refractivity contribution in [2.24, 2.45) is 0 Å². The van der Waals surface area contributed by atoms with Crippen molar-refractivity contribution in [3.63, 3.8) is 0 Å². The van der Waals surface area contributed by atoms with Crippen molar-refractivity contribution in [3.05, 3.63) is 11.6 Å². The van der Waals surface area contributed by atoms with Gasteiger partial charge in [-0.2, -0.15) is 0 Å². The fourth-order valence-electron chi connectivity index (χ4n) is 1.00. The van der Waals surface area contributed by atoms with E-state index in [0.29, 0.717) is 18.4 Å². The van der Waals surface area contributed by atoms with Gasteiger partial charge in [0.15, 0.2) is 0 Å². The first kappa shape index (κ1) is 14.1. The van der Waals surface area contributed by atoms with Gasteiger partial charge < -0.3 is 14.9 Å². The molecule has 0 fully saturated rings. The molecule has 0 heterocycles. The molecule has 2 N–H and O–H groups in total. The van der Waals surface area contributed by atoms with E-state index in [-0.39, 0.29) is 6.61 Å². The highest BCUT2D eigenvalue weighted by Gasteiger charge is 2.11. The minimum absolute atomic E-state index is 0.160. The van der Waals surface area contributed by atoms with Gasteiger partial charge in [-0.25, -0.2) is 4.79 Å². The average Bonchev–Trinajstić information content (AvgIpc) is 2.23. The smallest absolute Gasteiger partial charge is 0.335 e. The largest absolute Gasteiger partial charge is 0.433 e. The Labute approximate surface area is 90.6 Å². The number of hydrogen-bond donors (Lipinski definition) is 2. The minimum Gasteiger partial charge on any atom is -0.433 e. The third-order valence-corrected chi connectivity index (χ3v) is 2.11. The lowest BCUT2D eigenvalue weighted by molar-refractivity contribution is -0.163. The first-order valence-electron chi connectivity index (χ1n) is 5.24. The van der Waals surface area contributed by atoms with E-state index in [1.807, 2.05) is 0 Å². The third-order valence-electron chi connectivity index (χ3n) is 2.11. The van der Waals surface area contributed by atoms with Crippen molar-refractivity contribution < 1.29 is 19.7 Å². The molecule has 0 radical (unpaired) electrons. The van der Waals surface area contributed by atoms with Crippen molar-refractivity contribution in [3.8, 4) is 0 Å². The Morgan fingerprint density at radius 2 is 2.07 bits per heavy atom. The predicted molar refractivity (Wildman–Crippen MR) is 57.1 cm³/mol. The number of rotatable bonds is 7. The van der Waals surface area contributed by atoms with Crippen LogP contribution in [0.1, 0.15) is 39.5 Å². The minimum atomic E-state index is -1.04. The first-order chi connectivity index (χ1) is 7.11. The Kier molecular flexibility index (Phi) is 7.95. The van der Waals surface area contributed by atoms with Crippen molar-refractivity contribution in [2.75, 3.05) is 6.61 Å². The summed E-state index contributed by atoms with van der Waals surface area (Å²) < 4.78 is 4.77. The summed E-state index contributed by atoms with van der Waals surface area (Å²) in [5.41, 5.74) is 0.490. The molecule has 0 saturated heterocycles. The van der Waals surface area contributed by atoms with E-state index < -0.39 is 12.3 Å². The van der Waals surface area contributed by atoms with Crippen molar-refractivity contribution in [2.45, 2.75) is 45.8 Å². The molecule has 15 heavy (non-hydrogen) atoms. The van der Waals surface area contributed by atoms with Gasteiger partial charge >= 0.3 is 5.97 Å². The lowest BCUT2D eigenvalue weighted by Crippen LogP contribution is -2.18. The van der Waals surface area contributed by atoms with Crippen molar-refractivity contribution >= 4 is 5.97 Å². The van der Waals surface area contributed by atoms with Crippen LogP contribution < -0.4 is 0 Å². The van der Waals surface area contributed by atoms with Crippen LogP contribution in [-0.4, -0.2) is 29.1 Å². The van der Waals surface area contributed by atoms with Gasteiger partial charge in [-0.1, -0.05) is 12.5 Å². The highest BCUT2D eigenvalue weighted by atomic mass is 16.6. The molecule has 1 atom stereocenters. The van der Waals surface area contributed by atoms with Gasteiger partial charge in [0.2, 0.25) is 6.29 Å². The monoisotopic (exact) mass is 216 g/mol. The molecule has 4 nitrogen and oxygen atoms in total. The molecule has 1 unspecified atom stereocenters. The van der Waals surface area contributed by atoms with Crippen molar-refractivity contribution in [1.82, 2.24) is 0 Å². The molecule has 0 aromatic rings. The summed E-state index contributed by atoms with van der Waals surface area (Å²) in [6.07, 6.45) is 3.31. The Morgan fingerprint density at radius 3 is 2.60 bits per heavy atom. The average molecular weight is 216 g/mol. The van der Waals surface area contributed by atoms with Crippen LogP contribution in [0.4, 0.5) is 0 Å². The van der Waals surface area contributed by atoms with E-state index in [9.17, 15) is 9.90 Å². The molecule has 0 rings (SSSR count). The van der Waals surface area contributed by atoms with Crippen molar-refractivity contribution in [1.29, 1.82) is 0 Å². The van der Waals surface area contributed by atoms with E-state index >= 15 is 0 Å². The summed E-state index contributed by atoms with van der Waals surface area (Å²) >= 11 is 0. The second-order valence-electron chi connectivity index (χ2n) is 3.40. The van der Waals surface area contributed by atoms with Gasteiger partial charge in [-0.05, 0) is 26.7 Å². The number of carbonyl (C=O) groups excluding carboxylic acids is 1. The maximum absolute atomic E-state index is 11.2. The maximum atomic E-state index is 11.2. The van der Waals surface area contributed by atoms with Crippen LogP contribution in [-0.2, 0) is 9.53 Å². The highest BCUT2D eigenvalue weighted by Crippen LogP contribution is 2.07. The molecule has 0 aliphatic carbocycles. The zero-order valence-electron chi connectivity index (χ0n) is 9.40. The van der Waals surface area contributed by atoms with Gasteiger partial charge in [0.05, 0.1) is 0 Å². The van der Waals surface area contributed by atoms with Crippen LogP contribution in [0.5, 0.6) is 0 Å². The molecule has 0 saturated carbocycles. The second-order valence-corrected chi connectivity index (χ2v) is 3.40. The molecule has 0 aromatic carbocycles. The predicted octanol–water partition coefficient (Wildman–Crippen LogP) is 1.37. The zero-order valence-corrected chi connectivity index (χ0v) is 9.40. The lowest BCUT2D eigenvalue weighted by Gasteiger charge is -2.11. The molecule has 0 bridgehead atoms. The number of aliphatic hydroxyl groups excluding tert-OH is 2. The Morgan fingerprint density at radius 1 is 1.40 bits per heavy atom. The highest BCUT2D eigenvalue weighted by molar-refractivity contribution is 5.87. The van der Waals surface area contributed by atoms with E-state index in [1.165, 1.54) is 0 Å². The molecule has 88 valence electrons. The van der Waals surface area contributed by atoms with Crippen LogP contribution in [0, 0.1) is 0 Å². The van der Waals surface area contributed by atoms with Crippen LogP contribution in [0.2, 0.25) is 0 Å². The standard InChI is InChI=1S/C11H20O4/c1-3-9(2)11(14)15-10(13)7-5-4-6-8-12/h3,10,12-13H,4-8H2,1-2H3. The normalized spacial score (nSPS) is 13.7. The number of esters is 1. The number of unbranched alkanes of at least 4 members (excludes halogenated alkanes) is 2. The Bertz CT molecular complexity index is 211. The number of aliphatic hydroxyl groups is 2. The van der Waals surface area contributed by atoms with E-state index in [2.05, 4.69) is 0 Å². The fourth-order valence-corrected chi connectivity index (χ4v) is 1.00. The quantitative estimate of drug-likeness (QED) is 0.292. The molecule has 0 aromatic heterocycles. The summed E-state index contributed by atoms with van der Waals surface area (Å²) in [4.78, 5) is 11.2. The van der Waals surface area contributed by atoms with E-state index in [4.69, 9.17) is 9.84 Å². The molecular weight excluding hydrogens is 196 g/mol.